The molecular formula is C20H26N2O3. The minimum Gasteiger partial charge on any atom is -0.508 e. The summed E-state index contributed by atoms with van der Waals surface area (Å²) >= 11 is 0. The lowest BCUT2D eigenvalue weighted by Gasteiger charge is -2.24. The lowest BCUT2D eigenvalue weighted by molar-refractivity contribution is 0.229. The minimum atomic E-state index is -0.282. The van der Waals surface area contributed by atoms with E-state index < -0.39 is 0 Å². The molecular weight excluding hydrogens is 316 g/mol. The zero-order chi connectivity index (χ0) is 18.6. The van der Waals surface area contributed by atoms with E-state index in [1.807, 2.05) is 19.1 Å². The molecule has 0 aliphatic rings. The third kappa shape index (κ3) is 4.89. The van der Waals surface area contributed by atoms with Crippen LogP contribution in [-0.2, 0) is 5.41 Å². The molecule has 0 radical (unpaired) electrons. The van der Waals surface area contributed by atoms with E-state index in [4.69, 9.17) is 4.74 Å². The van der Waals surface area contributed by atoms with Crippen LogP contribution in [0.4, 0.5) is 10.5 Å². The second-order valence-electron chi connectivity index (χ2n) is 7.10. The van der Waals surface area contributed by atoms with Crippen LogP contribution in [0.3, 0.4) is 0 Å². The number of urea groups is 1. The average molecular weight is 342 g/mol. The number of nitrogens with zero attached hydrogens (tertiary/aromatic N) is 1. The molecule has 0 aliphatic carbocycles. The molecule has 2 amide bonds. The molecule has 0 bridgehead atoms. The van der Waals surface area contributed by atoms with Crippen molar-refractivity contribution in [1.29, 1.82) is 0 Å². The molecule has 0 saturated carbocycles. The molecule has 0 aliphatic heterocycles. The van der Waals surface area contributed by atoms with Crippen LogP contribution in [0.25, 0.3) is 0 Å². The van der Waals surface area contributed by atoms with Crippen LogP contribution in [0.2, 0.25) is 0 Å². The highest BCUT2D eigenvalue weighted by atomic mass is 16.5. The van der Waals surface area contributed by atoms with Crippen molar-refractivity contribution in [2.24, 2.45) is 0 Å². The number of hydrogen-bond acceptors (Lipinski definition) is 3. The second kappa shape index (κ2) is 7.47. The number of carbonyl (C=O) groups excluding carboxylic acids is 1. The number of hydrogen-bond donors (Lipinski definition) is 2. The lowest BCUT2D eigenvalue weighted by atomic mass is 9.85. The number of anilines is 1. The van der Waals surface area contributed by atoms with Crippen molar-refractivity contribution < 1.29 is 14.6 Å². The summed E-state index contributed by atoms with van der Waals surface area (Å²) in [6.07, 6.45) is 0. The second-order valence-corrected chi connectivity index (χ2v) is 7.10. The van der Waals surface area contributed by atoms with Gasteiger partial charge in [0.05, 0.1) is 0 Å². The maximum atomic E-state index is 12.2. The fourth-order valence-corrected chi connectivity index (χ4v) is 2.44. The summed E-state index contributed by atoms with van der Waals surface area (Å²) in [5.41, 5.74) is 2.91. The van der Waals surface area contributed by atoms with Gasteiger partial charge in [-0.3, -0.25) is 4.90 Å². The molecule has 134 valence electrons. The smallest absolute Gasteiger partial charge is 0.324 e. The normalized spacial score (nSPS) is 11.1. The predicted octanol–water partition coefficient (Wildman–Crippen LogP) is 4.18. The molecule has 0 heterocycles. The Balaban J connectivity index is 1.99. The first-order valence-electron chi connectivity index (χ1n) is 8.23. The molecule has 25 heavy (non-hydrogen) atoms. The van der Waals surface area contributed by atoms with Gasteiger partial charge in [0, 0.05) is 12.7 Å². The summed E-state index contributed by atoms with van der Waals surface area (Å²) in [7, 11) is 1.66. The number of aryl methyl sites for hydroxylation is 1. The van der Waals surface area contributed by atoms with Gasteiger partial charge in [-0.05, 0) is 48.2 Å². The van der Waals surface area contributed by atoms with E-state index in [1.54, 1.807) is 19.2 Å². The monoisotopic (exact) mass is 342 g/mol. The minimum absolute atomic E-state index is 0.0474. The van der Waals surface area contributed by atoms with Gasteiger partial charge < -0.3 is 15.2 Å². The summed E-state index contributed by atoms with van der Waals surface area (Å²) in [5, 5.41) is 12.1. The molecule has 0 spiro atoms. The quantitative estimate of drug-likeness (QED) is 0.819. The highest BCUT2D eigenvalue weighted by molar-refractivity contribution is 5.91. The molecule has 2 rings (SSSR count). The largest absolute Gasteiger partial charge is 0.508 e. The Kier molecular flexibility index (Phi) is 5.57. The van der Waals surface area contributed by atoms with Gasteiger partial charge in [-0.25, -0.2) is 4.79 Å². The van der Waals surface area contributed by atoms with Crippen molar-refractivity contribution >= 4 is 11.7 Å². The number of aromatic hydroxyl groups is 1. The number of carbonyl (C=O) groups is 1. The summed E-state index contributed by atoms with van der Waals surface area (Å²) < 4.78 is 5.80. The maximum Gasteiger partial charge on any atom is 0.324 e. The van der Waals surface area contributed by atoms with Gasteiger partial charge in [-0.15, -0.1) is 0 Å². The number of amides is 2. The Morgan fingerprint density at radius 2 is 1.80 bits per heavy atom. The Labute approximate surface area is 149 Å². The first-order chi connectivity index (χ1) is 11.7. The number of phenols is 1. The van der Waals surface area contributed by atoms with E-state index in [1.165, 1.54) is 22.6 Å². The Morgan fingerprint density at radius 1 is 1.16 bits per heavy atom. The molecule has 0 saturated heterocycles. The highest BCUT2D eigenvalue weighted by Crippen LogP contribution is 2.32. The first-order valence-corrected chi connectivity index (χ1v) is 8.23. The molecule has 0 unspecified atom stereocenters. The first kappa shape index (κ1) is 18.6. The SMILES string of the molecule is Cc1ccc(OCNC(=O)N(C)c2ccc(O)cc2)c(C(C)(C)C)c1. The van der Waals surface area contributed by atoms with Crippen molar-refractivity contribution in [3.05, 3.63) is 53.6 Å². The molecule has 2 N–H and O–H groups in total. The van der Waals surface area contributed by atoms with E-state index in [9.17, 15) is 9.90 Å². The number of phenolic OH excluding ortho intramolecular Hbond substituents is 1. The average Bonchev–Trinajstić information content (AvgIpc) is 2.55. The molecule has 5 heteroatoms. The fourth-order valence-electron chi connectivity index (χ4n) is 2.44. The van der Waals surface area contributed by atoms with Crippen LogP contribution in [0.5, 0.6) is 11.5 Å². The van der Waals surface area contributed by atoms with Crippen LogP contribution in [0, 0.1) is 6.92 Å². The topological polar surface area (TPSA) is 61.8 Å². The van der Waals surface area contributed by atoms with Crippen molar-refractivity contribution in [3.8, 4) is 11.5 Å². The van der Waals surface area contributed by atoms with Crippen LogP contribution >= 0.6 is 0 Å². The van der Waals surface area contributed by atoms with E-state index in [0.717, 1.165) is 11.3 Å². The van der Waals surface area contributed by atoms with Gasteiger partial charge in [0.2, 0.25) is 0 Å². The van der Waals surface area contributed by atoms with Crippen molar-refractivity contribution in [3.63, 3.8) is 0 Å². The van der Waals surface area contributed by atoms with Crippen LogP contribution < -0.4 is 15.0 Å². The maximum absolute atomic E-state index is 12.2. The standard InChI is InChI=1S/C20H26N2O3/c1-14-6-11-18(17(12-14)20(2,3)4)25-13-21-19(24)22(5)15-7-9-16(23)10-8-15/h6-12,23H,13H2,1-5H3,(H,21,24). The predicted molar refractivity (Wildman–Crippen MR) is 100 cm³/mol. The molecule has 2 aromatic carbocycles. The van der Waals surface area contributed by atoms with E-state index in [0.29, 0.717) is 5.69 Å². The summed E-state index contributed by atoms with van der Waals surface area (Å²) in [4.78, 5) is 13.7. The Bertz CT molecular complexity index is 734. The van der Waals surface area contributed by atoms with Gasteiger partial charge >= 0.3 is 6.03 Å². The summed E-state index contributed by atoms with van der Waals surface area (Å²) in [5.74, 6) is 0.931. The van der Waals surface area contributed by atoms with Crippen molar-refractivity contribution in [2.45, 2.75) is 33.1 Å². The van der Waals surface area contributed by atoms with E-state index in [-0.39, 0.29) is 23.9 Å². The third-order valence-electron chi connectivity index (χ3n) is 3.94. The molecule has 2 aromatic rings. The van der Waals surface area contributed by atoms with Gasteiger partial charge in [-0.1, -0.05) is 38.5 Å². The molecule has 0 atom stereocenters. The van der Waals surface area contributed by atoms with Gasteiger partial charge in [0.15, 0.2) is 6.73 Å². The van der Waals surface area contributed by atoms with Crippen molar-refractivity contribution in [1.82, 2.24) is 5.32 Å². The molecule has 0 aromatic heterocycles. The summed E-state index contributed by atoms with van der Waals surface area (Å²) in [6.45, 7) is 8.52. The number of nitrogens with one attached hydrogen (secondary N) is 1. The van der Waals surface area contributed by atoms with Crippen LogP contribution in [0.15, 0.2) is 42.5 Å². The third-order valence-corrected chi connectivity index (χ3v) is 3.94. The summed E-state index contributed by atoms with van der Waals surface area (Å²) in [6, 6.07) is 12.2. The molecule has 5 nitrogen and oxygen atoms in total. The Morgan fingerprint density at radius 3 is 2.40 bits per heavy atom. The fraction of sp³-hybridized carbons (Fsp3) is 0.350. The van der Waals surface area contributed by atoms with Gasteiger partial charge in [-0.2, -0.15) is 0 Å². The van der Waals surface area contributed by atoms with Crippen LogP contribution in [-0.4, -0.2) is 24.9 Å². The lowest BCUT2D eigenvalue weighted by Crippen LogP contribution is -2.39. The van der Waals surface area contributed by atoms with E-state index in [2.05, 4.69) is 32.2 Å². The zero-order valence-electron chi connectivity index (χ0n) is 15.5. The molecule has 0 fully saturated rings. The Hall–Kier alpha value is -2.69. The number of rotatable bonds is 4. The van der Waals surface area contributed by atoms with E-state index >= 15 is 0 Å². The van der Waals surface area contributed by atoms with Crippen molar-refractivity contribution in [2.75, 3.05) is 18.7 Å². The zero-order valence-corrected chi connectivity index (χ0v) is 15.5. The van der Waals surface area contributed by atoms with Crippen LogP contribution in [0.1, 0.15) is 31.9 Å². The van der Waals surface area contributed by atoms with Gasteiger partial charge in [0.1, 0.15) is 11.5 Å². The van der Waals surface area contributed by atoms with Gasteiger partial charge in [0.25, 0.3) is 0 Å². The number of ether oxygens (including phenoxy) is 1. The highest BCUT2D eigenvalue weighted by Gasteiger charge is 2.19. The number of benzene rings is 2.